The van der Waals surface area contributed by atoms with Gasteiger partial charge in [-0.25, -0.2) is 0 Å². The lowest BCUT2D eigenvalue weighted by Crippen LogP contribution is -2.23. The van der Waals surface area contributed by atoms with Gasteiger partial charge >= 0.3 is 0 Å². The number of nitrogens with zero attached hydrogens (tertiary/aromatic N) is 1. The molecule has 0 bridgehead atoms. The Morgan fingerprint density at radius 3 is 2.93 bits per heavy atom. The van der Waals surface area contributed by atoms with Gasteiger partial charge in [-0.05, 0) is 60.4 Å². The maximum absolute atomic E-state index is 12.7. The first-order valence-electron chi connectivity index (χ1n) is 8.75. The Balaban J connectivity index is 1.67. The van der Waals surface area contributed by atoms with Crippen LogP contribution in [0.15, 0.2) is 46.4 Å². The van der Waals surface area contributed by atoms with Crippen LogP contribution in [0.25, 0.3) is 23.1 Å². The third-order valence-electron chi connectivity index (χ3n) is 4.46. The van der Waals surface area contributed by atoms with Gasteiger partial charge in [-0.2, -0.15) is 5.10 Å². The minimum absolute atomic E-state index is 0.236. The number of amides is 1. The zero-order valence-corrected chi connectivity index (χ0v) is 16.3. The average Bonchev–Trinajstić information content (AvgIpc) is 3.45. The number of methoxy groups -OCH3 is 1. The van der Waals surface area contributed by atoms with Crippen molar-refractivity contribution < 1.29 is 13.9 Å². The molecule has 4 aromatic rings. The number of H-pyrrole nitrogens is 1. The molecule has 0 aliphatic heterocycles. The predicted octanol–water partition coefficient (Wildman–Crippen LogP) is 4.63. The van der Waals surface area contributed by atoms with E-state index in [9.17, 15) is 4.79 Å². The van der Waals surface area contributed by atoms with Gasteiger partial charge in [-0.15, -0.1) is 11.3 Å². The SMILES string of the molecule is COc1c(C(=O)NCc2ccco2)ccc2n[nH]c(/C=C/c3sccc3C)c12. The first-order chi connectivity index (χ1) is 13.7. The van der Waals surface area contributed by atoms with Crippen molar-refractivity contribution in [3.05, 3.63) is 69.4 Å². The maximum Gasteiger partial charge on any atom is 0.255 e. The normalized spacial score (nSPS) is 11.4. The number of aromatic nitrogens is 2. The van der Waals surface area contributed by atoms with Crippen molar-refractivity contribution in [2.75, 3.05) is 7.11 Å². The minimum atomic E-state index is -0.236. The summed E-state index contributed by atoms with van der Waals surface area (Å²) in [5.41, 5.74) is 3.20. The summed E-state index contributed by atoms with van der Waals surface area (Å²) < 4.78 is 10.9. The van der Waals surface area contributed by atoms with E-state index >= 15 is 0 Å². The first-order valence-corrected chi connectivity index (χ1v) is 9.63. The van der Waals surface area contributed by atoms with Gasteiger partial charge in [0.2, 0.25) is 0 Å². The largest absolute Gasteiger partial charge is 0.495 e. The molecule has 1 amide bonds. The fourth-order valence-electron chi connectivity index (χ4n) is 3.00. The van der Waals surface area contributed by atoms with Crippen LogP contribution in [0.3, 0.4) is 0 Å². The van der Waals surface area contributed by atoms with Crippen molar-refractivity contribution in [1.29, 1.82) is 0 Å². The van der Waals surface area contributed by atoms with E-state index in [-0.39, 0.29) is 5.91 Å². The molecule has 0 radical (unpaired) electrons. The lowest BCUT2D eigenvalue weighted by molar-refractivity contribution is 0.0945. The van der Waals surface area contributed by atoms with Gasteiger partial charge in [-0.3, -0.25) is 9.89 Å². The number of benzene rings is 1. The Hall–Kier alpha value is -3.32. The number of carbonyl (C=O) groups is 1. The van der Waals surface area contributed by atoms with E-state index in [1.165, 1.54) is 10.4 Å². The number of hydrogen-bond acceptors (Lipinski definition) is 5. The van der Waals surface area contributed by atoms with Crippen LogP contribution in [-0.4, -0.2) is 23.2 Å². The summed E-state index contributed by atoms with van der Waals surface area (Å²) >= 11 is 1.67. The zero-order chi connectivity index (χ0) is 19.5. The fourth-order valence-corrected chi connectivity index (χ4v) is 3.82. The van der Waals surface area contributed by atoms with Gasteiger partial charge in [-0.1, -0.05) is 0 Å². The number of rotatable bonds is 6. The molecule has 0 aliphatic carbocycles. The van der Waals surface area contributed by atoms with Crippen LogP contribution in [0.4, 0.5) is 0 Å². The van der Waals surface area contributed by atoms with Crippen LogP contribution in [0.2, 0.25) is 0 Å². The van der Waals surface area contributed by atoms with Crippen LogP contribution in [0.5, 0.6) is 5.75 Å². The Morgan fingerprint density at radius 2 is 2.21 bits per heavy atom. The Bertz CT molecular complexity index is 1140. The molecule has 6 nitrogen and oxygen atoms in total. The van der Waals surface area contributed by atoms with Gasteiger partial charge in [0.05, 0.1) is 42.1 Å². The molecular formula is C21H19N3O3S. The Labute approximate surface area is 165 Å². The number of ether oxygens (including phenoxy) is 1. The maximum atomic E-state index is 12.7. The summed E-state index contributed by atoms with van der Waals surface area (Å²) in [4.78, 5) is 13.9. The quantitative estimate of drug-likeness (QED) is 0.500. The highest BCUT2D eigenvalue weighted by Crippen LogP contribution is 2.32. The number of hydrogen-bond donors (Lipinski definition) is 2. The van der Waals surface area contributed by atoms with Crippen LogP contribution < -0.4 is 10.1 Å². The first kappa shape index (κ1) is 18.1. The second kappa shape index (κ2) is 7.74. The summed E-state index contributed by atoms with van der Waals surface area (Å²) in [6, 6.07) is 9.21. The van der Waals surface area contributed by atoms with E-state index in [0.717, 1.165) is 16.6 Å². The number of aryl methyl sites for hydroxylation is 1. The summed E-state index contributed by atoms with van der Waals surface area (Å²) in [7, 11) is 1.56. The number of thiophene rings is 1. The number of carbonyl (C=O) groups excluding carboxylic acids is 1. The lowest BCUT2D eigenvalue weighted by atomic mass is 10.1. The van der Waals surface area contributed by atoms with E-state index in [0.29, 0.717) is 23.6 Å². The van der Waals surface area contributed by atoms with E-state index in [1.54, 1.807) is 36.8 Å². The Morgan fingerprint density at radius 1 is 1.32 bits per heavy atom. The molecule has 3 heterocycles. The van der Waals surface area contributed by atoms with E-state index in [2.05, 4.69) is 33.9 Å². The molecule has 4 rings (SSSR count). The van der Waals surface area contributed by atoms with Crippen molar-refractivity contribution in [2.45, 2.75) is 13.5 Å². The highest BCUT2D eigenvalue weighted by molar-refractivity contribution is 7.11. The molecule has 0 aliphatic rings. The second-order valence-corrected chi connectivity index (χ2v) is 7.19. The van der Waals surface area contributed by atoms with Crippen LogP contribution >= 0.6 is 11.3 Å². The van der Waals surface area contributed by atoms with Crippen LogP contribution in [0.1, 0.15) is 32.3 Å². The fraction of sp³-hybridized carbons (Fsp3) is 0.143. The molecule has 0 saturated carbocycles. The number of aromatic amines is 1. The molecule has 0 atom stereocenters. The zero-order valence-electron chi connectivity index (χ0n) is 15.5. The number of furan rings is 1. The molecule has 0 spiro atoms. The third-order valence-corrected chi connectivity index (χ3v) is 5.44. The van der Waals surface area contributed by atoms with Crippen molar-refractivity contribution in [2.24, 2.45) is 0 Å². The summed E-state index contributed by atoms with van der Waals surface area (Å²) in [6.07, 6.45) is 5.57. The molecule has 0 saturated heterocycles. The second-order valence-electron chi connectivity index (χ2n) is 6.24. The highest BCUT2D eigenvalue weighted by Gasteiger charge is 2.19. The summed E-state index contributed by atoms with van der Waals surface area (Å²) in [5, 5.41) is 13.1. The standard InChI is InChI=1S/C21H19N3O3S/c1-13-9-11-28-18(13)8-7-17-19-16(23-24-17)6-5-15(20(19)26-2)21(25)22-12-14-4-3-10-27-14/h3-11H,12H2,1-2H3,(H,22,25)(H,23,24)/b8-7+. The third kappa shape index (κ3) is 3.44. The van der Waals surface area contributed by atoms with Gasteiger partial charge in [0.25, 0.3) is 5.91 Å². The summed E-state index contributed by atoms with van der Waals surface area (Å²) in [5.74, 6) is 0.942. The highest BCUT2D eigenvalue weighted by atomic mass is 32.1. The van der Waals surface area contributed by atoms with Crippen LogP contribution in [-0.2, 0) is 6.54 Å². The number of fused-ring (bicyclic) bond motifs is 1. The lowest BCUT2D eigenvalue weighted by Gasteiger charge is -2.10. The summed E-state index contributed by atoms with van der Waals surface area (Å²) in [6.45, 7) is 2.38. The number of nitrogens with one attached hydrogen (secondary N) is 2. The molecule has 0 unspecified atom stereocenters. The molecular weight excluding hydrogens is 374 g/mol. The topological polar surface area (TPSA) is 80.2 Å². The molecule has 7 heteroatoms. The van der Waals surface area contributed by atoms with Crippen molar-refractivity contribution in [3.8, 4) is 5.75 Å². The van der Waals surface area contributed by atoms with E-state index in [1.807, 2.05) is 24.3 Å². The monoisotopic (exact) mass is 393 g/mol. The van der Waals surface area contributed by atoms with Crippen molar-refractivity contribution >= 4 is 40.3 Å². The minimum Gasteiger partial charge on any atom is -0.495 e. The van der Waals surface area contributed by atoms with Gasteiger partial charge in [0.1, 0.15) is 11.5 Å². The Kier molecular flexibility index (Phi) is 4.99. The predicted molar refractivity (Wildman–Crippen MR) is 111 cm³/mol. The average molecular weight is 393 g/mol. The van der Waals surface area contributed by atoms with E-state index in [4.69, 9.17) is 9.15 Å². The van der Waals surface area contributed by atoms with Gasteiger partial charge in [0, 0.05) is 4.88 Å². The van der Waals surface area contributed by atoms with Crippen molar-refractivity contribution in [3.63, 3.8) is 0 Å². The van der Waals surface area contributed by atoms with Crippen molar-refractivity contribution in [1.82, 2.24) is 15.5 Å². The molecule has 28 heavy (non-hydrogen) atoms. The van der Waals surface area contributed by atoms with Crippen LogP contribution in [0, 0.1) is 6.92 Å². The molecule has 142 valence electrons. The molecule has 0 fully saturated rings. The van der Waals surface area contributed by atoms with E-state index < -0.39 is 0 Å². The smallest absolute Gasteiger partial charge is 0.255 e. The molecule has 2 N–H and O–H groups in total. The van der Waals surface area contributed by atoms with Gasteiger partial charge in [0.15, 0.2) is 0 Å². The molecule has 3 aromatic heterocycles. The van der Waals surface area contributed by atoms with Gasteiger partial charge < -0.3 is 14.5 Å². The molecule has 1 aromatic carbocycles.